The summed E-state index contributed by atoms with van der Waals surface area (Å²) in [7, 11) is 0. The molecule has 0 atom stereocenters. The van der Waals surface area contributed by atoms with Crippen molar-refractivity contribution in [2.24, 2.45) is 5.73 Å². The van der Waals surface area contributed by atoms with Gasteiger partial charge in [0, 0.05) is 6.54 Å². The molecule has 0 radical (unpaired) electrons. The van der Waals surface area contributed by atoms with E-state index < -0.39 is 12.0 Å². The maximum atomic E-state index is 11.6. The van der Waals surface area contributed by atoms with Crippen molar-refractivity contribution in [2.45, 2.75) is 6.92 Å². The van der Waals surface area contributed by atoms with Crippen LogP contribution in [0.2, 0.25) is 0 Å². The molecule has 1 rings (SSSR count). The fourth-order valence-electron chi connectivity index (χ4n) is 1.12. The van der Waals surface area contributed by atoms with Gasteiger partial charge in [0.1, 0.15) is 18.1 Å². The molecular formula is C10H15N5O3. The number of hydrogen-bond donors (Lipinski definition) is 3. The molecule has 0 aromatic carbocycles. The van der Waals surface area contributed by atoms with Crippen LogP contribution in [0, 0.1) is 0 Å². The maximum absolute atomic E-state index is 11.6. The van der Waals surface area contributed by atoms with E-state index in [0.29, 0.717) is 5.82 Å². The third kappa shape index (κ3) is 4.64. The molecule has 18 heavy (non-hydrogen) atoms. The highest BCUT2D eigenvalue weighted by molar-refractivity contribution is 5.91. The number of nitrogens with one attached hydrogen (secondary N) is 2. The average Bonchev–Trinajstić information content (AvgIpc) is 2.35. The molecule has 0 spiro atoms. The van der Waals surface area contributed by atoms with E-state index in [4.69, 9.17) is 5.73 Å². The van der Waals surface area contributed by atoms with Crippen LogP contribution in [0.15, 0.2) is 12.4 Å². The van der Waals surface area contributed by atoms with E-state index in [9.17, 15) is 9.59 Å². The molecule has 0 bridgehead atoms. The van der Waals surface area contributed by atoms with Crippen LogP contribution in [0.4, 0.5) is 10.6 Å². The minimum atomic E-state index is -0.876. The molecule has 2 amide bonds. The van der Waals surface area contributed by atoms with Gasteiger partial charge in [0.25, 0.3) is 5.91 Å². The van der Waals surface area contributed by atoms with Crippen LogP contribution in [-0.2, 0) is 4.74 Å². The molecule has 8 nitrogen and oxygen atoms in total. The number of anilines is 1. The van der Waals surface area contributed by atoms with Crippen molar-refractivity contribution in [3.05, 3.63) is 18.1 Å². The molecule has 8 heteroatoms. The predicted octanol–water partition coefficient (Wildman–Crippen LogP) is -0.266. The van der Waals surface area contributed by atoms with Crippen molar-refractivity contribution in [3.8, 4) is 0 Å². The van der Waals surface area contributed by atoms with E-state index in [-0.39, 0.29) is 18.8 Å². The lowest BCUT2D eigenvalue weighted by molar-refractivity contribution is 0.0931. The van der Waals surface area contributed by atoms with Gasteiger partial charge in [0.15, 0.2) is 0 Å². The lowest BCUT2D eigenvalue weighted by atomic mass is 10.4. The summed E-state index contributed by atoms with van der Waals surface area (Å²) in [6, 6.07) is 0. The standard InChI is InChI=1S/C10H15N5O3/c1-2-12-8-6-14-7(5-15-8)9(16)13-3-4-18-10(11)17/h5-6H,2-4H2,1H3,(H2,11,17)(H,12,15)(H,13,16). The Morgan fingerprint density at radius 1 is 1.39 bits per heavy atom. The number of aromatic nitrogens is 2. The number of rotatable bonds is 6. The van der Waals surface area contributed by atoms with Crippen molar-refractivity contribution in [1.82, 2.24) is 15.3 Å². The lowest BCUT2D eigenvalue weighted by Crippen LogP contribution is -2.29. The number of hydrogen-bond acceptors (Lipinski definition) is 6. The smallest absolute Gasteiger partial charge is 0.404 e. The zero-order chi connectivity index (χ0) is 13.4. The van der Waals surface area contributed by atoms with E-state index in [0.717, 1.165) is 6.54 Å². The summed E-state index contributed by atoms with van der Waals surface area (Å²) in [4.78, 5) is 29.8. The van der Waals surface area contributed by atoms with Crippen molar-refractivity contribution in [1.29, 1.82) is 0 Å². The molecule has 0 saturated heterocycles. The Balaban J connectivity index is 2.39. The number of nitrogens with zero attached hydrogens (tertiary/aromatic N) is 2. The second-order valence-corrected chi connectivity index (χ2v) is 3.24. The van der Waals surface area contributed by atoms with E-state index in [2.05, 4.69) is 25.3 Å². The summed E-state index contributed by atoms with van der Waals surface area (Å²) >= 11 is 0. The first-order chi connectivity index (χ1) is 8.63. The monoisotopic (exact) mass is 253 g/mol. The summed E-state index contributed by atoms with van der Waals surface area (Å²) in [5.74, 6) is 0.213. The zero-order valence-corrected chi connectivity index (χ0v) is 9.97. The molecule has 0 unspecified atom stereocenters. The summed E-state index contributed by atoms with van der Waals surface area (Å²) in [6.45, 7) is 2.84. The van der Waals surface area contributed by atoms with Gasteiger partial charge >= 0.3 is 6.09 Å². The molecule has 0 aliphatic heterocycles. The minimum absolute atomic E-state index is 0.0178. The fraction of sp³-hybridized carbons (Fsp3) is 0.400. The first-order valence-corrected chi connectivity index (χ1v) is 5.39. The molecule has 0 aliphatic carbocycles. The SMILES string of the molecule is CCNc1cnc(C(=O)NCCOC(N)=O)cn1. The van der Waals surface area contributed by atoms with E-state index >= 15 is 0 Å². The highest BCUT2D eigenvalue weighted by atomic mass is 16.5. The number of amides is 2. The van der Waals surface area contributed by atoms with Gasteiger partial charge in [-0.15, -0.1) is 0 Å². The summed E-state index contributed by atoms with van der Waals surface area (Å²) < 4.78 is 4.46. The number of primary amides is 1. The number of nitrogens with two attached hydrogens (primary N) is 1. The van der Waals surface area contributed by atoms with Gasteiger partial charge in [0.2, 0.25) is 0 Å². The van der Waals surface area contributed by atoms with Crippen molar-refractivity contribution >= 4 is 17.8 Å². The summed E-state index contributed by atoms with van der Waals surface area (Å²) in [6.07, 6.45) is 1.96. The molecule has 98 valence electrons. The maximum Gasteiger partial charge on any atom is 0.404 e. The van der Waals surface area contributed by atoms with Crippen LogP contribution < -0.4 is 16.4 Å². The molecular weight excluding hydrogens is 238 g/mol. The van der Waals surface area contributed by atoms with Crippen molar-refractivity contribution in [3.63, 3.8) is 0 Å². The van der Waals surface area contributed by atoms with Crippen LogP contribution >= 0.6 is 0 Å². The molecule has 0 saturated carbocycles. The molecule has 1 aromatic heterocycles. The molecule has 0 aliphatic rings. The molecule has 1 aromatic rings. The van der Waals surface area contributed by atoms with Gasteiger partial charge in [-0.1, -0.05) is 0 Å². The largest absolute Gasteiger partial charge is 0.448 e. The third-order valence-corrected chi connectivity index (χ3v) is 1.87. The predicted molar refractivity (Wildman–Crippen MR) is 64.1 cm³/mol. The molecule has 1 heterocycles. The Morgan fingerprint density at radius 3 is 2.72 bits per heavy atom. The average molecular weight is 253 g/mol. The van der Waals surface area contributed by atoms with E-state index in [1.807, 2.05) is 6.92 Å². The first kappa shape index (κ1) is 13.7. The summed E-state index contributed by atoms with van der Waals surface area (Å²) in [5, 5.41) is 5.47. The third-order valence-electron chi connectivity index (χ3n) is 1.87. The van der Waals surface area contributed by atoms with Crippen LogP contribution in [-0.4, -0.2) is 41.7 Å². The Hall–Kier alpha value is -2.38. The Morgan fingerprint density at radius 2 is 2.17 bits per heavy atom. The topological polar surface area (TPSA) is 119 Å². The fourth-order valence-corrected chi connectivity index (χ4v) is 1.12. The van der Waals surface area contributed by atoms with Crippen molar-refractivity contribution in [2.75, 3.05) is 25.0 Å². The van der Waals surface area contributed by atoms with E-state index in [1.165, 1.54) is 12.4 Å². The Bertz CT molecular complexity index is 406. The van der Waals surface area contributed by atoms with Crippen LogP contribution in [0.3, 0.4) is 0 Å². The first-order valence-electron chi connectivity index (χ1n) is 5.39. The second-order valence-electron chi connectivity index (χ2n) is 3.24. The number of carbonyl (C=O) groups excluding carboxylic acids is 2. The normalized spacial score (nSPS) is 9.61. The van der Waals surface area contributed by atoms with E-state index in [1.54, 1.807) is 0 Å². The molecule has 0 fully saturated rings. The second kappa shape index (κ2) is 7.05. The van der Waals surface area contributed by atoms with Gasteiger partial charge in [0.05, 0.1) is 18.9 Å². The van der Waals surface area contributed by atoms with Gasteiger partial charge in [-0.25, -0.2) is 14.8 Å². The quantitative estimate of drug-likeness (QED) is 0.600. The molecule has 4 N–H and O–H groups in total. The van der Waals surface area contributed by atoms with Crippen LogP contribution in [0.1, 0.15) is 17.4 Å². The van der Waals surface area contributed by atoms with Crippen LogP contribution in [0.25, 0.3) is 0 Å². The Labute approximate surface area is 104 Å². The zero-order valence-electron chi connectivity index (χ0n) is 9.97. The highest BCUT2D eigenvalue weighted by Gasteiger charge is 2.07. The van der Waals surface area contributed by atoms with Gasteiger partial charge in [-0.05, 0) is 6.92 Å². The van der Waals surface area contributed by atoms with Crippen LogP contribution in [0.5, 0.6) is 0 Å². The van der Waals surface area contributed by atoms with Gasteiger partial charge in [-0.3, -0.25) is 4.79 Å². The van der Waals surface area contributed by atoms with Crippen molar-refractivity contribution < 1.29 is 14.3 Å². The summed E-state index contributed by atoms with van der Waals surface area (Å²) in [5.41, 5.74) is 4.95. The van der Waals surface area contributed by atoms with Gasteiger partial charge in [-0.2, -0.15) is 0 Å². The van der Waals surface area contributed by atoms with Gasteiger partial charge < -0.3 is 21.1 Å². The number of ether oxygens (including phenoxy) is 1. The Kier molecular flexibility index (Phi) is 5.36. The lowest BCUT2D eigenvalue weighted by Gasteiger charge is -2.05. The highest BCUT2D eigenvalue weighted by Crippen LogP contribution is 2.00. The number of carbonyl (C=O) groups is 2. The minimum Gasteiger partial charge on any atom is -0.448 e.